The molecule has 1 saturated carbocycles. The number of carbonyl (C=O) groups is 1. The molecule has 0 atom stereocenters. The van der Waals surface area contributed by atoms with Crippen molar-refractivity contribution in [3.05, 3.63) is 0 Å². The Morgan fingerprint density at radius 1 is 1.18 bits per heavy atom. The Labute approximate surface area is 97.6 Å². The van der Waals surface area contributed by atoms with Crippen molar-refractivity contribution in [3.63, 3.8) is 0 Å². The molecule has 100 valence electrons. The summed E-state index contributed by atoms with van der Waals surface area (Å²) in [7, 11) is 0. The fourth-order valence-electron chi connectivity index (χ4n) is 1.87. The number of alkyl halides is 3. The van der Waals surface area contributed by atoms with Crippen molar-refractivity contribution in [2.24, 2.45) is 0 Å². The molecule has 2 amide bonds. The van der Waals surface area contributed by atoms with Gasteiger partial charge in [-0.05, 0) is 12.8 Å². The lowest BCUT2D eigenvalue weighted by atomic mass is 9.85. The van der Waals surface area contributed by atoms with Crippen molar-refractivity contribution in [3.8, 4) is 0 Å². The predicted octanol–water partition coefficient (Wildman–Crippen LogP) is 1.54. The molecule has 0 heterocycles. The summed E-state index contributed by atoms with van der Waals surface area (Å²) in [5.41, 5.74) is -0.964. The highest BCUT2D eigenvalue weighted by Gasteiger charge is 2.31. The van der Waals surface area contributed by atoms with Crippen LogP contribution in [0.1, 0.15) is 32.1 Å². The minimum atomic E-state index is -4.42. The first-order valence-corrected chi connectivity index (χ1v) is 5.62. The Balaban J connectivity index is 2.23. The molecule has 1 aliphatic carbocycles. The Bertz CT molecular complexity index is 263. The van der Waals surface area contributed by atoms with Gasteiger partial charge in [0, 0.05) is 6.54 Å². The second kappa shape index (κ2) is 5.57. The zero-order chi connectivity index (χ0) is 12.9. The number of urea groups is 1. The van der Waals surface area contributed by atoms with E-state index in [2.05, 4.69) is 5.32 Å². The Morgan fingerprint density at radius 2 is 1.76 bits per heavy atom. The molecule has 1 aliphatic rings. The fourth-order valence-corrected chi connectivity index (χ4v) is 1.87. The van der Waals surface area contributed by atoms with Crippen LogP contribution in [-0.2, 0) is 0 Å². The van der Waals surface area contributed by atoms with E-state index >= 15 is 0 Å². The number of carbonyl (C=O) groups excluding carboxylic acids is 1. The first-order valence-electron chi connectivity index (χ1n) is 5.62. The van der Waals surface area contributed by atoms with Crippen LogP contribution < -0.4 is 10.6 Å². The van der Waals surface area contributed by atoms with Gasteiger partial charge in [0.1, 0.15) is 6.54 Å². The topological polar surface area (TPSA) is 61.4 Å². The third kappa shape index (κ3) is 5.76. The number of nitrogens with one attached hydrogen (secondary N) is 2. The van der Waals surface area contributed by atoms with Crippen LogP contribution in [0.15, 0.2) is 0 Å². The van der Waals surface area contributed by atoms with Gasteiger partial charge in [-0.3, -0.25) is 0 Å². The van der Waals surface area contributed by atoms with Gasteiger partial charge in [0.15, 0.2) is 0 Å². The molecular formula is C10H17F3N2O2. The van der Waals surface area contributed by atoms with Crippen molar-refractivity contribution in [1.82, 2.24) is 10.6 Å². The molecule has 0 unspecified atom stereocenters. The second-order valence-electron chi connectivity index (χ2n) is 4.44. The largest absolute Gasteiger partial charge is 0.405 e. The summed E-state index contributed by atoms with van der Waals surface area (Å²) in [4.78, 5) is 11.0. The van der Waals surface area contributed by atoms with Crippen molar-refractivity contribution >= 4 is 6.03 Å². The monoisotopic (exact) mass is 254 g/mol. The van der Waals surface area contributed by atoms with Gasteiger partial charge in [0.05, 0.1) is 5.60 Å². The van der Waals surface area contributed by atoms with Crippen LogP contribution in [0.4, 0.5) is 18.0 Å². The normalized spacial score (nSPS) is 19.8. The summed E-state index contributed by atoms with van der Waals surface area (Å²) in [6.45, 7) is -1.37. The fraction of sp³-hybridized carbons (Fsp3) is 0.900. The van der Waals surface area contributed by atoms with Crippen molar-refractivity contribution in [2.75, 3.05) is 13.1 Å². The Hall–Kier alpha value is -0.980. The van der Waals surface area contributed by atoms with E-state index in [1.54, 1.807) is 5.32 Å². The van der Waals surface area contributed by atoms with Crippen LogP contribution in [0.2, 0.25) is 0 Å². The molecule has 0 aromatic carbocycles. The van der Waals surface area contributed by atoms with Crippen LogP contribution >= 0.6 is 0 Å². The van der Waals surface area contributed by atoms with Gasteiger partial charge >= 0.3 is 12.2 Å². The molecule has 0 radical (unpaired) electrons. The van der Waals surface area contributed by atoms with Crippen LogP contribution in [-0.4, -0.2) is 36.0 Å². The van der Waals surface area contributed by atoms with E-state index in [9.17, 15) is 23.1 Å². The summed E-state index contributed by atoms with van der Waals surface area (Å²) in [6.07, 6.45) is -0.467. The zero-order valence-electron chi connectivity index (χ0n) is 9.44. The van der Waals surface area contributed by atoms with Gasteiger partial charge in [0.2, 0.25) is 0 Å². The molecule has 3 N–H and O–H groups in total. The zero-order valence-corrected chi connectivity index (χ0v) is 9.44. The predicted molar refractivity (Wildman–Crippen MR) is 55.5 cm³/mol. The standard InChI is InChI=1S/C10H17F3N2O2/c11-10(12,13)7-15-8(16)14-6-9(17)4-2-1-3-5-9/h17H,1-7H2,(H2,14,15,16). The van der Waals surface area contributed by atoms with E-state index in [1.165, 1.54) is 0 Å². The Morgan fingerprint density at radius 3 is 2.29 bits per heavy atom. The van der Waals surface area contributed by atoms with Crippen molar-refractivity contribution in [2.45, 2.75) is 43.9 Å². The maximum Gasteiger partial charge on any atom is 0.405 e. The van der Waals surface area contributed by atoms with Crippen LogP contribution in [0.25, 0.3) is 0 Å². The second-order valence-corrected chi connectivity index (χ2v) is 4.44. The van der Waals surface area contributed by atoms with E-state index in [-0.39, 0.29) is 6.54 Å². The quantitative estimate of drug-likeness (QED) is 0.715. The molecule has 0 aliphatic heterocycles. The van der Waals surface area contributed by atoms with Gasteiger partial charge < -0.3 is 15.7 Å². The minimum Gasteiger partial charge on any atom is -0.388 e. The SMILES string of the molecule is O=C(NCC(F)(F)F)NCC1(O)CCCCC1. The van der Waals surface area contributed by atoms with E-state index in [0.717, 1.165) is 19.3 Å². The third-order valence-corrected chi connectivity index (χ3v) is 2.81. The number of aliphatic hydroxyl groups is 1. The molecule has 0 spiro atoms. The molecule has 0 aromatic rings. The first-order chi connectivity index (χ1) is 7.81. The van der Waals surface area contributed by atoms with Gasteiger partial charge in [-0.2, -0.15) is 13.2 Å². The smallest absolute Gasteiger partial charge is 0.388 e. The van der Waals surface area contributed by atoms with Crippen LogP contribution in [0, 0.1) is 0 Å². The molecular weight excluding hydrogens is 237 g/mol. The number of amides is 2. The average molecular weight is 254 g/mol. The van der Waals surface area contributed by atoms with E-state index in [0.29, 0.717) is 12.8 Å². The van der Waals surface area contributed by atoms with E-state index in [1.807, 2.05) is 0 Å². The number of halogens is 3. The lowest BCUT2D eigenvalue weighted by Gasteiger charge is -2.32. The lowest BCUT2D eigenvalue weighted by Crippen LogP contribution is -2.48. The van der Waals surface area contributed by atoms with Gasteiger partial charge in [-0.1, -0.05) is 19.3 Å². The van der Waals surface area contributed by atoms with Gasteiger partial charge in [-0.15, -0.1) is 0 Å². The van der Waals surface area contributed by atoms with Crippen LogP contribution in [0.5, 0.6) is 0 Å². The van der Waals surface area contributed by atoms with E-state index in [4.69, 9.17) is 0 Å². The summed E-state index contributed by atoms with van der Waals surface area (Å²) in [6, 6.07) is -0.902. The molecule has 0 aromatic heterocycles. The Kier molecular flexibility index (Phi) is 4.62. The summed E-state index contributed by atoms with van der Waals surface area (Å²) in [5.74, 6) is 0. The van der Waals surface area contributed by atoms with Gasteiger partial charge in [0.25, 0.3) is 0 Å². The van der Waals surface area contributed by atoms with E-state index < -0.39 is 24.4 Å². The van der Waals surface area contributed by atoms with Gasteiger partial charge in [-0.25, -0.2) is 4.79 Å². The number of hydrogen-bond donors (Lipinski definition) is 3. The van der Waals surface area contributed by atoms with Crippen LogP contribution in [0.3, 0.4) is 0 Å². The molecule has 0 bridgehead atoms. The molecule has 4 nitrogen and oxygen atoms in total. The van der Waals surface area contributed by atoms with Crippen molar-refractivity contribution in [1.29, 1.82) is 0 Å². The molecule has 17 heavy (non-hydrogen) atoms. The lowest BCUT2D eigenvalue weighted by molar-refractivity contribution is -0.122. The minimum absolute atomic E-state index is 0.00328. The average Bonchev–Trinajstić information content (AvgIpc) is 2.24. The molecule has 7 heteroatoms. The van der Waals surface area contributed by atoms with Crippen molar-refractivity contribution < 1.29 is 23.1 Å². The molecule has 1 rings (SSSR count). The highest BCUT2D eigenvalue weighted by molar-refractivity contribution is 5.73. The maximum atomic E-state index is 11.8. The highest BCUT2D eigenvalue weighted by Crippen LogP contribution is 2.27. The molecule has 0 saturated heterocycles. The summed E-state index contributed by atoms with van der Waals surface area (Å²) in [5, 5.41) is 13.9. The first kappa shape index (κ1) is 14.1. The summed E-state index contributed by atoms with van der Waals surface area (Å²) < 4.78 is 35.4. The third-order valence-electron chi connectivity index (χ3n) is 2.81. The summed E-state index contributed by atoms with van der Waals surface area (Å²) >= 11 is 0. The number of hydrogen-bond acceptors (Lipinski definition) is 2. The number of rotatable bonds is 3. The molecule has 1 fully saturated rings. The maximum absolute atomic E-state index is 11.8. The highest BCUT2D eigenvalue weighted by atomic mass is 19.4.